The van der Waals surface area contributed by atoms with Gasteiger partial charge in [0.1, 0.15) is 0 Å². The van der Waals surface area contributed by atoms with Crippen LogP contribution in [0.1, 0.15) is 42.9 Å². The molecule has 0 unspecified atom stereocenters. The van der Waals surface area contributed by atoms with E-state index in [1.54, 1.807) is 4.90 Å². The predicted octanol–water partition coefficient (Wildman–Crippen LogP) is 2.80. The highest BCUT2D eigenvalue weighted by Crippen LogP contribution is 2.22. The van der Waals surface area contributed by atoms with Gasteiger partial charge in [0.05, 0.1) is 13.0 Å². The zero-order valence-electron chi connectivity index (χ0n) is 15.1. The van der Waals surface area contributed by atoms with Crippen molar-refractivity contribution in [2.45, 2.75) is 45.4 Å². The molecule has 1 aliphatic carbocycles. The summed E-state index contributed by atoms with van der Waals surface area (Å²) in [6.45, 7) is 4.69. The Morgan fingerprint density at radius 1 is 0.960 bits per heavy atom. The molecule has 0 saturated carbocycles. The first-order chi connectivity index (χ1) is 12.2. The van der Waals surface area contributed by atoms with E-state index in [0.717, 1.165) is 18.4 Å². The van der Waals surface area contributed by atoms with Crippen molar-refractivity contribution in [1.82, 2.24) is 9.80 Å². The average molecular weight is 344 g/mol. The van der Waals surface area contributed by atoms with E-state index in [1.165, 1.54) is 30.4 Å². The molecule has 5 heteroatoms. The van der Waals surface area contributed by atoms with Gasteiger partial charge in [0.15, 0.2) is 0 Å². The van der Waals surface area contributed by atoms with Crippen LogP contribution in [0.25, 0.3) is 0 Å². The summed E-state index contributed by atoms with van der Waals surface area (Å²) < 4.78 is 5.06. The Labute approximate surface area is 149 Å². The zero-order valence-corrected chi connectivity index (χ0v) is 15.1. The van der Waals surface area contributed by atoms with E-state index in [2.05, 4.69) is 18.2 Å². The van der Waals surface area contributed by atoms with Crippen LogP contribution in [0.15, 0.2) is 18.2 Å². The fourth-order valence-electron chi connectivity index (χ4n) is 3.75. The lowest BCUT2D eigenvalue weighted by Gasteiger charge is -2.22. The SMILES string of the molecule is CCOC(=O)N1CCCN(C(=O)Cc2ccc3c(c2)CCCC3)CC1. The molecule has 2 amide bonds. The van der Waals surface area contributed by atoms with Gasteiger partial charge in [-0.15, -0.1) is 0 Å². The summed E-state index contributed by atoms with van der Waals surface area (Å²) in [6.07, 6.45) is 5.80. The molecule has 0 aromatic heterocycles. The van der Waals surface area contributed by atoms with Gasteiger partial charge in [-0.2, -0.15) is 0 Å². The molecule has 2 aliphatic rings. The largest absolute Gasteiger partial charge is 0.450 e. The molecule has 3 rings (SSSR count). The smallest absolute Gasteiger partial charge is 0.409 e. The predicted molar refractivity (Wildman–Crippen MR) is 96.6 cm³/mol. The summed E-state index contributed by atoms with van der Waals surface area (Å²) in [7, 11) is 0. The number of rotatable bonds is 3. The van der Waals surface area contributed by atoms with Crippen LogP contribution in [0.5, 0.6) is 0 Å². The molecule has 1 aromatic carbocycles. The van der Waals surface area contributed by atoms with Gasteiger partial charge >= 0.3 is 6.09 Å². The molecule has 0 bridgehead atoms. The number of ether oxygens (including phenoxy) is 1. The number of carbonyl (C=O) groups is 2. The lowest BCUT2D eigenvalue weighted by atomic mass is 9.90. The minimum Gasteiger partial charge on any atom is -0.450 e. The van der Waals surface area contributed by atoms with E-state index in [1.807, 2.05) is 11.8 Å². The van der Waals surface area contributed by atoms with Crippen molar-refractivity contribution >= 4 is 12.0 Å². The van der Waals surface area contributed by atoms with Crippen molar-refractivity contribution in [2.24, 2.45) is 0 Å². The van der Waals surface area contributed by atoms with Gasteiger partial charge < -0.3 is 14.5 Å². The topological polar surface area (TPSA) is 49.9 Å². The van der Waals surface area contributed by atoms with Crippen molar-refractivity contribution in [3.63, 3.8) is 0 Å². The molecule has 5 nitrogen and oxygen atoms in total. The molecule has 0 radical (unpaired) electrons. The molecule has 136 valence electrons. The number of aryl methyl sites for hydroxylation is 2. The molecule has 0 atom stereocenters. The number of hydrogen-bond acceptors (Lipinski definition) is 3. The van der Waals surface area contributed by atoms with E-state index < -0.39 is 0 Å². The Morgan fingerprint density at radius 3 is 2.48 bits per heavy atom. The third-order valence-corrected chi connectivity index (χ3v) is 5.14. The molecule has 1 heterocycles. The highest BCUT2D eigenvalue weighted by Gasteiger charge is 2.23. The number of benzene rings is 1. The van der Waals surface area contributed by atoms with Crippen LogP contribution in [-0.4, -0.2) is 54.6 Å². The van der Waals surface area contributed by atoms with Crippen LogP contribution in [0.3, 0.4) is 0 Å². The summed E-state index contributed by atoms with van der Waals surface area (Å²) in [6, 6.07) is 6.52. The van der Waals surface area contributed by atoms with E-state index in [0.29, 0.717) is 39.2 Å². The molecule has 1 aromatic rings. The van der Waals surface area contributed by atoms with Gasteiger partial charge in [-0.25, -0.2) is 4.79 Å². The van der Waals surface area contributed by atoms with E-state index >= 15 is 0 Å². The summed E-state index contributed by atoms with van der Waals surface area (Å²) in [4.78, 5) is 28.1. The second kappa shape index (κ2) is 8.37. The highest BCUT2D eigenvalue weighted by atomic mass is 16.6. The Morgan fingerprint density at radius 2 is 1.68 bits per heavy atom. The molecule has 1 saturated heterocycles. The summed E-state index contributed by atoms with van der Waals surface area (Å²) in [5.41, 5.74) is 3.97. The summed E-state index contributed by atoms with van der Waals surface area (Å²) in [5, 5.41) is 0. The van der Waals surface area contributed by atoms with E-state index in [9.17, 15) is 9.59 Å². The first kappa shape index (κ1) is 17.8. The quantitative estimate of drug-likeness (QED) is 0.847. The van der Waals surface area contributed by atoms with Crippen molar-refractivity contribution in [3.05, 3.63) is 34.9 Å². The maximum atomic E-state index is 12.7. The first-order valence-electron chi connectivity index (χ1n) is 9.47. The van der Waals surface area contributed by atoms with Crippen molar-refractivity contribution in [2.75, 3.05) is 32.8 Å². The number of fused-ring (bicyclic) bond motifs is 1. The van der Waals surface area contributed by atoms with Crippen molar-refractivity contribution in [3.8, 4) is 0 Å². The molecule has 1 aliphatic heterocycles. The van der Waals surface area contributed by atoms with Gasteiger partial charge in [-0.05, 0) is 55.7 Å². The van der Waals surface area contributed by atoms with Crippen LogP contribution in [-0.2, 0) is 28.8 Å². The zero-order chi connectivity index (χ0) is 17.6. The number of amides is 2. The monoisotopic (exact) mass is 344 g/mol. The minimum atomic E-state index is -0.272. The lowest BCUT2D eigenvalue weighted by molar-refractivity contribution is -0.130. The van der Waals surface area contributed by atoms with E-state index in [4.69, 9.17) is 4.74 Å². The van der Waals surface area contributed by atoms with Gasteiger partial charge in [0.2, 0.25) is 5.91 Å². The van der Waals surface area contributed by atoms with Crippen molar-refractivity contribution < 1.29 is 14.3 Å². The maximum absolute atomic E-state index is 12.7. The van der Waals surface area contributed by atoms with Crippen LogP contribution in [0, 0.1) is 0 Å². The molecular formula is C20H28N2O3. The second-order valence-corrected chi connectivity index (χ2v) is 6.91. The van der Waals surface area contributed by atoms with Gasteiger partial charge in [0.25, 0.3) is 0 Å². The Hall–Kier alpha value is -2.04. The van der Waals surface area contributed by atoms with Gasteiger partial charge in [-0.3, -0.25) is 4.79 Å². The molecule has 0 spiro atoms. The van der Waals surface area contributed by atoms with Gasteiger partial charge in [0, 0.05) is 26.2 Å². The Bertz CT molecular complexity index is 629. The third kappa shape index (κ3) is 4.53. The molecule has 25 heavy (non-hydrogen) atoms. The first-order valence-corrected chi connectivity index (χ1v) is 9.47. The molecular weight excluding hydrogens is 316 g/mol. The number of hydrogen-bond donors (Lipinski definition) is 0. The summed E-state index contributed by atoms with van der Waals surface area (Å²) >= 11 is 0. The van der Waals surface area contributed by atoms with E-state index in [-0.39, 0.29) is 12.0 Å². The number of nitrogens with zero attached hydrogens (tertiary/aromatic N) is 2. The fraction of sp³-hybridized carbons (Fsp3) is 0.600. The fourth-order valence-corrected chi connectivity index (χ4v) is 3.75. The lowest BCUT2D eigenvalue weighted by Crippen LogP contribution is -2.38. The Balaban J connectivity index is 1.57. The van der Waals surface area contributed by atoms with Crippen LogP contribution in [0.4, 0.5) is 4.79 Å². The molecule has 1 fully saturated rings. The van der Waals surface area contributed by atoms with Crippen LogP contribution in [0.2, 0.25) is 0 Å². The Kier molecular flexibility index (Phi) is 5.95. The van der Waals surface area contributed by atoms with Crippen LogP contribution >= 0.6 is 0 Å². The normalized spacial score (nSPS) is 17.6. The number of carbonyl (C=O) groups excluding carboxylic acids is 2. The molecule has 0 N–H and O–H groups in total. The van der Waals surface area contributed by atoms with Crippen LogP contribution < -0.4 is 0 Å². The third-order valence-electron chi connectivity index (χ3n) is 5.14. The summed E-state index contributed by atoms with van der Waals surface area (Å²) in [5.74, 6) is 0.154. The van der Waals surface area contributed by atoms with Gasteiger partial charge in [-0.1, -0.05) is 18.2 Å². The second-order valence-electron chi connectivity index (χ2n) is 6.91. The van der Waals surface area contributed by atoms with Crippen molar-refractivity contribution in [1.29, 1.82) is 0 Å². The maximum Gasteiger partial charge on any atom is 0.409 e. The minimum absolute atomic E-state index is 0.154. The highest BCUT2D eigenvalue weighted by molar-refractivity contribution is 5.79. The average Bonchev–Trinajstić information content (AvgIpc) is 2.88. The standard InChI is InChI=1S/C20H28N2O3/c1-2-25-20(24)22-11-5-10-21(12-13-22)19(23)15-16-8-9-17-6-3-4-7-18(17)14-16/h8-9,14H,2-7,10-13,15H2,1H3.